The molecule has 0 radical (unpaired) electrons. The SMILES string of the molecule is C=C1C=N/C=C/C(C)=N\NC(c2ccc(CN3CCC(c4nc(/C=C/C(=C\C=C/C)C(C)(F)F)n[nH]4)CC3)cc2)/C(c2ccccc2)=C\1. The topological polar surface area (TPSA) is 81.6 Å². The Morgan fingerprint density at radius 1 is 1.08 bits per heavy atom. The monoisotopic (exact) mass is 647 g/mol. The zero-order valence-electron chi connectivity index (χ0n) is 27.8. The molecule has 2 aromatic carbocycles. The van der Waals surface area contributed by atoms with E-state index in [9.17, 15) is 8.78 Å². The first kappa shape index (κ1) is 34.3. The highest BCUT2D eigenvalue weighted by molar-refractivity contribution is 5.93. The number of rotatable bonds is 9. The standard InChI is InChI=1S/C39H43F2N7/c1-5-6-12-34(39(4,40)41)17-18-36-43-38(47-45-36)33-20-23-48(24-21-33)27-30-13-15-32(16-14-30)37-35(31-10-8-7-9-11-31)25-28(2)26-42-22-19-29(3)44-46-37/h5-19,22,25-26,33,37,46H,2,20-21,23-24,27H2,1,3-4H3,(H,43,45,47)/b6-5-,18-17+,22-19+,34-12+,35-25-,42-26?,44-29-. The van der Waals surface area contributed by atoms with E-state index in [4.69, 9.17) is 0 Å². The second-order valence-electron chi connectivity index (χ2n) is 12.2. The fourth-order valence-electron chi connectivity index (χ4n) is 5.71. The zero-order valence-corrected chi connectivity index (χ0v) is 27.8. The number of hydrazone groups is 1. The number of hydrogen-bond donors (Lipinski definition) is 2. The van der Waals surface area contributed by atoms with E-state index in [1.165, 1.54) is 23.8 Å². The predicted molar refractivity (Wildman–Crippen MR) is 193 cm³/mol. The van der Waals surface area contributed by atoms with E-state index in [-0.39, 0.29) is 17.5 Å². The summed E-state index contributed by atoms with van der Waals surface area (Å²) >= 11 is 0. The van der Waals surface area contributed by atoms with Crippen molar-refractivity contribution >= 4 is 23.6 Å². The minimum Gasteiger partial charge on any atom is -0.299 e. The van der Waals surface area contributed by atoms with E-state index < -0.39 is 5.92 Å². The summed E-state index contributed by atoms with van der Waals surface area (Å²) in [6.07, 6.45) is 16.9. The maximum atomic E-state index is 14.0. The van der Waals surface area contributed by atoms with Crippen LogP contribution in [0.25, 0.3) is 11.6 Å². The quantitative estimate of drug-likeness (QED) is 0.228. The van der Waals surface area contributed by atoms with E-state index >= 15 is 0 Å². The number of piperidine rings is 1. The molecule has 0 amide bonds. The molecule has 3 aromatic rings. The second kappa shape index (κ2) is 16.2. The van der Waals surface area contributed by atoms with Gasteiger partial charge in [0.15, 0.2) is 5.82 Å². The molecule has 7 nitrogen and oxygen atoms in total. The number of nitrogens with one attached hydrogen (secondary N) is 2. The first-order valence-electron chi connectivity index (χ1n) is 16.3. The molecular formula is C39H43F2N7. The van der Waals surface area contributed by atoms with Gasteiger partial charge in [-0.2, -0.15) is 10.2 Å². The molecule has 0 saturated carbocycles. The first-order chi connectivity index (χ1) is 23.2. The number of hydrogen-bond acceptors (Lipinski definition) is 6. The Balaban J connectivity index is 1.24. The van der Waals surface area contributed by atoms with Crippen LogP contribution in [0.5, 0.6) is 0 Å². The van der Waals surface area contributed by atoms with Crippen LogP contribution in [-0.2, 0) is 6.54 Å². The summed E-state index contributed by atoms with van der Waals surface area (Å²) in [6.45, 7) is 11.5. The number of aromatic nitrogens is 3. The minimum absolute atomic E-state index is 0.0921. The van der Waals surface area contributed by atoms with Crippen molar-refractivity contribution in [2.45, 2.75) is 58.0 Å². The zero-order chi connectivity index (χ0) is 33.9. The molecule has 48 heavy (non-hydrogen) atoms. The number of benzene rings is 2. The van der Waals surface area contributed by atoms with Crippen molar-refractivity contribution < 1.29 is 8.78 Å². The van der Waals surface area contributed by atoms with Crippen molar-refractivity contribution in [1.82, 2.24) is 25.5 Å². The van der Waals surface area contributed by atoms with Crippen LogP contribution in [-0.4, -0.2) is 51.0 Å². The Morgan fingerprint density at radius 2 is 1.83 bits per heavy atom. The molecule has 1 atom stereocenters. The molecule has 0 aliphatic carbocycles. The van der Waals surface area contributed by atoms with E-state index in [2.05, 4.69) is 84.7 Å². The highest BCUT2D eigenvalue weighted by Crippen LogP contribution is 2.32. The lowest BCUT2D eigenvalue weighted by Gasteiger charge is -2.31. The van der Waals surface area contributed by atoms with Crippen LogP contribution >= 0.6 is 0 Å². The molecule has 1 fully saturated rings. The molecule has 2 N–H and O–H groups in total. The van der Waals surface area contributed by atoms with Gasteiger partial charge >= 0.3 is 0 Å². The fraction of sp³-hybridized carbons (Fsp3) is 0.282. The molecule has 9 heteroatoms. The number of H-pyrrole nitrogens is 1. The van der Waals surface area contributed by atoms with Crippen LogP contribution in [0.3, 0.4) is 0 Å². The van der Waals surface area contributed by atoms with Gasteiger partial charge in [-0.05, 0) is 91.9 Å². The minimum atomic E-state index is -2.95. The molecular weight excluding hydrogens is 604 g/mol. The summed E-state index contributed by atoms with van der Waals surface area (Å²) in [4.78, 5) is 11.4. The lowest BCUT2D eigenvalue weighted by atomic mass is 9.91. The van der Waals surface area contributed by atoms with Gasteiger partial charge < -0.3 is 0 Å². The number of allylic oxidation sites excluding steroid dienone is 8. The van der Waals surface area contributed by atoms with Crippen molar-refractivity contribution in [2.24, 2.45) is 10.1 Å². The highest BCUT2D eigenvalue weighted by Gasteiger charge is 2.26. The molecule has 3 heterocycles. The van der Waals surface area contributed by atoms with Gasteiger partial charge in [0.05, 0.1) is 11.8 Å². The lowest BCUT2D eigenvalue weighted by Crippen LogP contribution is -2.32. The van der Waals surface area contributed by atoms with Crippen LogP contribution in [0.4, 0.5) is 8.78 Å². The number of nitrogens with zero attached hydrogens (tertiary/aromatic N) is 5. The Hall–Kier alpha value is -5.02. The van der Waals surface area contributed by atoms with Gasteiger partial charge in [0.1, 0.15) is 5.82 Å². The summed E-state index contributed by atoms with van der Waals surface area (Å²) in [5, 5.41) is 11.9. The van der Waals surface area contributed by atoms with E-state index in [0.29, 0.717) is 5.82 Å². The average molecular weight is 648 g/mol. The van der Waals surface area contributed by atoms with E-state index in [1.807, 2.05) is 31.2 Å². The summed E-state index contributed by atoms with van der Waals surface area (Å²) in [5.41, 5.74) is 9.41. The molecule has 1 saturated heterocycles. The fourth-order valence-corrected chi connectivity index (χ4v) is 5.71. The molecule has 0 spiro atoms. The number of aromatic amines is 1. The van der Waals surface area contributed by atoms with Crippen LogP contribution < -0.4 is 5.43 Å². The van der Waals surface area contributed by atoms with E-state index in [0.717, 1.165) is 73.2 Å². The Kier molecular flexibility index (Phi) is 11.6. The lowest BCUT2D eigenvalue weighted by molar-refractivity contribution is 0.0676. The van der Waals surface area contributed by atoms with Crippen LogP contribution in [0.15, 0.2) is 125 Å². The first-order valence-corrected chi connectivity index (χ1v) is 16.3. The van der Waals surface area contributed by atoms with Crippen LogP contribution in [0.2, 0.25) is 0 Å². The van der Waals surface area contributed by atoms with Gasteiger partial charge in [0.2, 0.25) is 0 Å². The van der Waals surface area contributed by atoms with Gasteiger partial charge in [0.25, 0.3) is 5.92 Å². The maximum absolute atomic E-state index is 14.0. The molecule has 2 aliphatic rings. The van der Waals surface area contributed by atoms with Crippen molar-refractivity contribution in [3.63, 3.8) is 0 Å². The van der Waals surface area contributed by atoms with Crippen molar-refractivity contribution in [3.05, 3.63) is 143 Å². The third-order valence-electron chi connectivity index (χ3n) is 8.37. The van der Waals surface area contributed by atoms with E-state index in [1.54, 1.807) is 31.5 Å². The summed E-state index contributed by atoms with van der Waals surface area (Å²) in [7, 11) is 0. The Labute approximate surface area is 282 Å². The van der Waals surface area contributed by atoms with Gasteiger partial charge in [-0.3, -0.25) is 20.4 Å². The maximum Gasteiger partial charge on any atom is 0.270 e. The smallest absolute Gasteiger partial charge is 0.270 e. The third kappa shape index (κ3) is 9.51. The Bertz CT molecular complexity index is 1750. The summed E-state index contributed by atoms with van der Waals surface area (Å²) in [6, 6.07) is 18.8. The number of likely N-dealkylation sites (tertiary alicyclic amines) is 1. The summed E-state index contributed by atoms with van der Waals surface area (Å²) in [5.74, 6) is -1.50. The highest BCUT2D eigenvalue weighted by atomic mass is 19.3. The molecule has 1 unspecified atom stereocenters. The summed E-state index contributed by atoms with van der Waals surface area (Å²) < 4.78 is 27.9. The van der Waals surface area contributed by atoms with Gasteiger partial charge in [-0.1, -0.05) is 79.4 Å². The number of halogens is 2. The molecule has 2 aliphatic heterocycles. The van der Waals surface area contributed by atoms with Crippen LogP contribution in [0, 0.1) is 0 Å². The third-order valence-corrected chi connectivity index (χ3v) is 8.37. The molecule has 248 valence electrons. The van der Waals surface area contributed by atoms with Crippen LogP contribution in [0.1, 0.15) is 73.9 Å². The molecule has 1 aromatic heterocycles. The second-order valence-corrected chi connectivity index (χ2v) is 12.2. The van der Waals surface area contributed by atoms with Crippen molar-refractivity contribution in [3.8, 4) is 0 Å². The van der Waals surface area contributed by atoms with Gasteiger partial charge in [0, 0.05) is 37.4 Å². The molecule has 5 rings (SSSR count). The Morgan fingerprint density at radius 3 is 2.54 bits per heavy atom. The largest absolute Gasteiger partial charge is 0.299 e. The molecule has 0 bridgehead atoms. The van der Waals surface area contributed by atoms with Gasteiger partial charge in [-0.25, -0.2) is 13.8 Å². The van der Waals surface area contributed by atoms with Crippen molar-refractivity contribution in [1.29, 1.82) is 0 Å². The van der Waals surface area contributed by atoms with Gasteiger partial charge in [-0.15, -0.1) is 0 Å². The number of alkyl halides is 2. The van der Waals surface area contributed by atoms with Crippen molar-refractivity contribution in [2.75, 3.05) is 13.1 Å². The predicted octanol–water partition coefficient (Wildman–Crippen LogP) is 8.60. The average Bonchev–Trinajstić information content (AvgIpc) is 3.55. The normalized spacial score (nSPS) is 21.8. The number of aliphatic imine (C=N–C) groups is 1.